The van der Waals surface area contributed by atoms with Crippen molar-refractivity contribution in [2.75, 3.05) is 25.6 Å². The first-order valence-electron chi connectivity index (χ1n) is 14.3. The summed E-state index contributed by atoms with van der Waals surface area (Å²) in [6.07, 6.45) is 0. The van der Waals surface area contributed by atoms with Crippen LogP contribution in [0, 0.1) is 6.92 Å². The fourth-order valence-corrected chi connectivity index (χ4v) is 5.25. The predicted octanol–water partition coefficient (Wildman–Crippen LogP) is 6.66. The Morgan fingerprint density at radius 2 is 1.56 bits per heavy atom. The number of rotatable bonds is 10. The van der Waals surface area contributed by atoms with Crippen LogP contribution in [-0.4, -0.2) is 42.4 Å². The summed E-state index contributed by atoms with van der Waals surface area (Å²) in [5.74, 6) is -0.182. The second-order valence-electron chi connectivity index (χ2n) is 10.7. The molecule has 4 aromatic rings. The fourth-order valence-electron chi connectivity index (χ4n) is 5.25. The van der Waals surface area contributed by atoms with E-state index in [4.69, 9.17) is 9.47 Å². The first-order valence-corrected chi connectivity index (χ1v) is 14.3. The van der Waals surface area contributed by atoms with Crippen molar-refractivity contribution in [3.05, 3.63) is 130 Å². The van der Waals surface area contributed by atoms with Crippen molar-refractivity contribution >= 4 is 23.1 Å². The number of aliphatic hydroxyl groups excluding tert-OH is 1. The number of anilines is 1. The lowest BCUT2D eigenvalue weighted by Crippen LogP contribution is -2.29. The van der Waals surface area contributed by atoms with Gasteiger partial charge in [0.1, 0.15) is 23.9 Å². The molecule has 1 atom stereocenters. The number of benzene rings is 4. The van der Waals surface area contributed by atoms with E-state index >= 15 is 0 Å². The van der Waals surface area contributed by atoms with Crippen molar-refractivity contribution in [2.24, 2.45) is 0 Å². The Balaban J connectivity index is 1.51. The molecule has 7 nitrogen and oxygen atoms in total. The highest BCUT2D eigenvalue weighted by atomic mass is 16.5. The molecule has 0 radical (unpaired) electrons. The highest BCUT2D eigenvalue weighted by molar-refractivity contribution is 6.46. The van der Waals surface area contributed by atoms with Crippen LogP contribution in [0.5, 0.6) is 11.5 Å². The van der Waals surface area contributed by atoms with Gasteiger partial charge in [0, 0.05) is 31.9 Å². The van der Waals surface area contributed by atoms with Gasteiger partial charge in [0.15, 0.2) is 0 Å². The van der Waals surface area contributed by atoms with Gasteiger partial charge in [-0.15, -0.1) is 0 Å². The monoisotopic (exact) mass is 576 g/mol. The number of ether oxygens (including phenoxy) is 2. The van der Waals surface area contributed by atoms with Crippen LogP contribution in [0.3, 0.4) is 0 Å². The molecule has 43 heavy (non-hydrogen) atoms. The van der Waals surface area contributed by atoms with Crippen LogP contribution in [-0.2, 0) is 22.7 Å². The van der Waals surface area contributed by atoms with Crippen LogP contribution in [0.2, 0.25) is 0 Å². The third kappa shape index (κ3) is 6.41. The maximum Gasteiger partial charge on any atom is 0.295 e. The van der Waals surface area contributed by atoms with Crippen LogP contribution in [0.15, 0.2) is 103 Å². The van der Waals surface area contributed by atoms with Crippen LogP contribution >= 0.6 is 0 Å². The molecule has 0 aliphatic carbocycles. The Labute approximate surface area is 252 Å². The van der Waals surface area contributed by atoms with Crippen LogP contribution in [0.25, 0.3) is 5.76 Å². The average Bonchev–Trinajstić information content (AvgIpc) is 3.26. The summed E-state index contributed by atoms with van der Waals surface area (Å²) in [6, 6.07) is 29.5. The lowest BCUT2D eigenvalue weighted by Gasteiger charge is -2.26. The molecular weight excluding hydrogens is 540 g/mol. The van der Waals surface area contributed by atoms with Crippen molar-refractivity contribution in [3.8, 4) is 11.5 Å². The minimum Gasteiger partial charge on any atom is -0.507 e. The SMILES string of the molecule is CCOc1ccc(CN2C(=O)C(=O)/C(=C(\O)c3ccc(OCc4ccccc4)c(C)c3)C2c2ccc(N(C)C)cc2)cc1. The van der Waals surface area contributed by atoms with Gasteiger partial charge < -0.3 is 24.4 Å². The summed E-state index contributed by atoms with van der Waals surface area (Å²) in [5.41, 5.74) is 4.91. The van der Waals surface area contributed by atoms with Gasteiger partial charge in [-0.25, -0.2) is 0 Å². The third-order valence-electron chi connectivity index (χ3n) is 7.54. The Bertz CT molecular complexity index is 1630. The molecular formula is C36H36N2O5. The van der Waals surface area contributed by atoms with E-state index in [-0.39, 0.29) is 17.9 Å². The second kappa shape index (κ2) is 12.9. The number of amides is 1. The summed E-state index contributed by atoms with van der Waals surface area (Å²) in [6.45, 7) is 4.96. The standard InChI is InChI=1S/C36H36N2O5/c1-5-42-30-18-11-25(12-19-30)22-38-33(27-13-16-29(17-14-27)37(3)4)32(35(40)36(38)41)34(39)28-15-20-31(24(2)21-28)43-23-26-9-7-6-8-10-26/h6-21,33,39H,5,22-23H2,1-4H3/b34-32-. The molecule has 0 saturated carbocycles. The molecule has 1 unspecified atom stereocenters. The summed E-state index contributed by atoms with van der Waals surface area (Å²) >= 11 is 0. The molecule has 1 amide bonds. The van der Waals surface area contributed by atoms with Crippen LogP contribution < -0.4 is 14.4 Å². The molecule has 7 heteroatoms. The minimum atomic E-state index is -0.767. The first kappa shape index (κ1) is 29.5. The largest absolute Gasteiger partial charge is 0.507 e. The summed E-state index contributed by atoms with van der Waals surface area (Å²) in [7, 11) is 3.89. The van der Waals surface area contributed by atoms with E-state index < -0.39 is 17.7 Å². The smallest absolute Gasteiger partial charge is 0.295 e. The first-order chi connectivity index (χ1) is 20.8. The number of nitrogens with zero attached hydrogens (tertiary/aromatic N) is 2. The molecule has 1 aliphatic heterocycles. The topological polar surface area (TPSA) is 79.3 Å². The Hall–Kier alpha value is -5.04. The van der Waals surface area contributed by atoms with Gasteiger partial charge in [0.25, 0.3) is 11.7 Å². The van der Waals surface area contributed by atoms with Crippen LogP contribution in [0.1, 0.15) is 40.8 Å². The number of aliphatic hydroxyl groups is 1. The van der Waals surface area contributed by atoms with Crippen molar-refractivity contribution in [2.45, 2.75) is 33.0 Å². The highest BCUT2D eigenvalue weighted by Crippen LogP contribution is 2.41. The maximum absolute atomic E-state index is 13.6. The lowest BCUT2D eigenvalue weighted by molar-refractivity contribution is -0.140. The number of carbonyl (C=O) groups excluding carboxylic acids is 2. The van der Waals surface area contributed by atoms with E-state index in [0.29, 0.717) is 24.5 Å². The van der Waals surface area contributed by atoms with Gasteiger partial charge in [0.05, 0.1) is 18.2 Å². The Morgan fingerprint density at radius 3 is 2.19 bits per heavy atom. The van der Waals surface area contributed by atoms with Gasteiger partial charge in [-0.2, -0.15) is 0 Å². The Morgan fingerprint density at radius 1 is 0.860 bits per heavy atom. The summed E-state index contributed by atoms with van der Waals surface area (Å²) < 4.78 is 11.6. The van der Waals surface area contributed by atoms with Crippen molar-refractivity contribution < 1.29 is 24.2 Å². The number of hydrogen-bond donors (Lipinski definition) is 1. The number of likely N-dealkylation sites (tertiary alicyclic amines) is 1. The Kier molecular flexibility index (Phi) is 8.81. The van der Waals surface area contributed by atoms with Gasteiger partial charge >= 0.3 is 0 Å². The summed E-state index contributed by atoms with van der Waals surface area (Å²) in [5, 5.41) is 11.6. The molecule has 1 N–H and O–H groups in total. The highest BCUT2D eigenvalue weighted by Gasteiger charge is 2.46. The number of hydrogen-bond acceptors (Lipinski definition) is 6. The van der Waals surface area contributed by atoms with E-state index in [1.54, 1.807) is 18.2 Å². The van der Waals surface area contributed by atoms with Gasteiger partial charge in [-0.05, 0) is 78.6 Å². The zero-order valence-corrected chi connectivity index (χ0v) is 24.9. The zero-order valence-electron chi connectivity index (χ0n) is 24.9. The normalized spacial score (nSPS) is 15.9. The molecule has 0 aromatic heterocycles. The molecule has 5 rings (SSSR count). The molecule has 4 aromatic carbocycles. The predicted molar refractivity (Wildman–Crippen MR) is 168 cm³/mol. The molecule has 1 aliphatic rings. The third-order valence-corrected chi connectivity index (χ3v) is 7.54. The number of carbonyl (C=O) groups is 2. The van der Waals surface area contributed by atoms with E-state index in [2.05, 4.69) is 0 Å². The molecule has 0 bridgehead atoms. The van der Waals surface area contributed by atoms with Crippen molar-refractivity contribution in [1.29, 1.82) is 0 Å². The maximum atomic E-state index is 13.6. The molecule has 1 saturated heterocycles. The quantitative estimate of drug-likeness (QED) is 0.129. The van der Waals surface area contributed by atoms with E-state index in [9.17, 15) is 14.7 Å². The number of Topliss-reactive ketones (excluding diaryl/α,β-unsaturated/α-hetero) is 1. The van der Waals surface area contributed by atoms with Crippen molar-refractivity contribution in [1.82, 2.24) is 4.90 Å². The average molecular weight is 577 g/mol. The van der Waals surface area contributed by atoms with E-state index in [1.165, 1.54) is 4.90 Å². The van der Waals surface area contributed by atoms with E-state index in [1.807, 2.05) is 112 Å². The second-order valence-corrected chi connectivity index (χ2v) is 10.7. The van der Waals surface area contributed by atoms with Gasteiger partial charge in [0.2, 0.25) is 0 Å². The molecule has 0 spiro atoms. The van der Waals surface area contributed by atoms with E-state index in [0.717, 1.165) is 33.7 Å². The lowest BCUT2D eigenvalue weighted by atomic mass is 9.94. The summed E-state index contributed by atoms with van der Waals surface area (Å²) in [4.78, 5) is 30.6. The number of aryl methyl sites for hydroxylation is 1. The molecule has 220 valence electrons. The molecule has 1 heterocycles. The van der Waals surface area contributed by atoms with Crippen LogP contribution in [0.4, 0.5) is 5.69 Å². The van der Waals surface area contributed by atoms with Gasteiger partial charge in [-0.3, -0.25) is 9.59 Å². The zero-order chi connectivity index (χ0) is 30.5. The minimum absolute atomic E-state index is 0.0610. The fraction of sp³-hybridized carbons (Fsp3) is 0.222. The van der Waals surface area contributed by atoms with Crippen molar-refractivity contribution in [3.63, 3.8) is 0 Å². The van der Waals surface area contributed by atoms with Gasteiger partial charge in [-0.1, -0.05) is 54.6 Å². The number of ketones is 1. The molecule has 1 fully saturated rings.